The maximum atomic E-state index is 13.9. The molecule has 1 aromatic heterocycles. The fraction of sp³-hybridized carbons (Fsp3) is 0.333. The first-order valence-corrected chi connectivity index (χ1v) is 14.4. The molecule has 40 heavy (non-hydrogen) atoms. The van der Waals surface area contributed by atoms with Crippen molar-refractivity contribution in [2.45, 2.75) is 34.7 Å². The average molecular weight is 650 g/mol. The number of ether oxygens (including phenoxy) is 1. The van der Waals surface area contributed by atoms with Gasteiger partial charge < -0.3 is 9.84 Å². The zero-order valence-corrected chi connectivity index (χ0v) is 24.0. The molecule has 4 unspecified atom stereocenters. The van der Waals surface area contributed by atoms with Gasteiger partial charge in [0.2, 0.25) is 0 Å². The van der Waals surface area contributed by atoms with E-state index >= 15 is 0 Å². The molecule has 0 bridgehead atoms. The number of rotatable bonds is 6. The van der Waals surface area contributed by atoms with Crippen molar-refractivity contribution >= 4 is 50.9 Å². The lowest BCUT2D eigenvalue weighted by atomic mass is 9.64. The van der Waals surface area contributed by atoms with E-state index in [0.29, 0.717) is 22.6 Å². The van der Waals surface area contributed by atoms with Crippen molar-refractivity contribution in [2.24, 2.45) is 0 Å². The van der Waals surface area contributed by atoms with Gasteiger partial charge in [-0.25, -0.2) is 23.5 Å². The largest absolute Gasteiger partial charge is 0.491 e. The number of likely N-dealkylation sites (tertiary alicyclic amines) is 1. The van der Waals surface area contributed by atoms with Crippen LogP contribution in [0.15, 0.2) is 75.8 Å². The Kier molecular flexibility index (Phi) is 6.60. The fourth-order valence-electron chi connectivity index (χ4n) is 6.16. The fourth-order valence-corrected chi connectivity index (χ4v) is 7.56. The van der Waals surface area contributed by atoms with Crippen LogP contribution in [0.2, 0.25) is 0 Å². The van der Waals surface area contributed by atoms with Gasteiger partial charge in [0.15, 0.2) is 9.75 Å². The van der Waals surface area contributed by atoms with Crippen LogP contribution in [0.1, 0.15) is 23.9 Å². The number of alkyl halides is 3. The lowest BCUT2D eigenvalue weighted by Gasteiger charge is -2.49. The van der Waals surface area contributed by atoms with Gasteiger partial charge in [-0.3, -0.25) is 14.5 Å². The summed E-state index contributed by atoms with van der Waals surface area (Å²) in [4.78, 5) is 52.0. The number of halogens is 3. The number of benzene rings is 2. The number of imide groups is 1. The molecule has 1 saturated carbocycles. The quantitative estimate of drug-likeness (QED) is 0.190. The summed E-state index contributed by atoms with van der Waals surface area (Å²) in [7, 11) is 0. The summed E-state index contributed by atoms with van der Waals surface area (Å²) < 4.78 is 9.49. The normalized spacial score (nSPS) is 27.2. The molecule has 3 aliphatic rings. The summed E-state index contributed by atoms with van der Waals surface area (Å²) in [6.07, 6.45) is 1.57. The van der Waals surface area contributed by atoms with Gasteiger partial charge in [0, 0.05) is 17.9 Å². The Hall–Kier alpha value is -3.12. The number of para-hydroxylation sites is 2. The van der Waals surface area contributed by atoms with Crippen LogP contribution in [-0.2, 0) is 16.1 Å². The minimum atomic E-state index is -1.96. The summed E-state index contributed by atoms with van der Waals surface area (Å²) in [6.45, 7) is -0.242. The third-order valence-corrected chi connectivity index (χ3v) is 9.79. The number of aliphatic hydroxyl groups excluding tert-OH is 1. The molecule has 10 nitrogen and oxygen atoms in total. The van der Waals surface area contributed by atoms with Crippen LogP contribution in [0.5, 0.6) is 5.75 Å². The summed E-state index contributed by atoms with van der Waals surface area (Å²) in [5.74, 6) is -2.03. The van der Waals surface area contributed by atoms with Crippen LogP contribution in [-0.4, -0.2) is 64.2 Å². The molecule has 3 heterocycles. The number of aliphatic hydroxyl groups is 1. The Balaban J connectivity index is 1.61. The molecule has 1 aliphatic carbocycles. The molecular weight excluding hydrogens is 627 g/mol. The first kappa shape index (κ1) is 27.1. The van der Waals surface area contributed by atoms with Gasteiger partial charge in [0.05, 0.1) is 30.3 Å². The number of nitrogens with zero attached hydrogens (tertiary/aromatic N) is 4. The van der Waals surface area contributed by atoms with Crippen molar-refractivity contribution in [1.29, 1.82) is 0 Å². The summed E-state index contributed by atoms with van der Waals surface area (Å²) in [5.41, 5.74) is 0.158. The molecule has 2 fully saturated rings. The molecule has 2 amide bonds. The highest BCUT2D eigenvalue weighted by atomic mass is 79.9. The second-order valence-electron chi connectivity index (χ2n) is 9.80. The zero-order valence-electron chi connectivity index (χ0n) is 20.9. The Labute approximate surface area is 246 Å². The number of hydrogen-bond acceptors (Lipinski definition) is 6. The van der Waals surface area contributed by atoms with Crippen LogP contribution in [0.25, 0.3) is 5.69 Å². The van der Waals surface area contributed by atoms with Crippen LogP contribution in [0.3, 0.4) is 0 Å². The minimum absolute atomic E-state index is 0.0210. The van der Waals surface area contributed by atoms with E-state index in [9.17, 15) is 24.3 Å². The molecular formula is C27H23BrCl2N4O6. The number of aromatic nitrogens is 3. The van der Waals surface area contributed by atoms with Gasteiger partial charge in [-0.2, -0.15) is 0 Å². The highest BCUT2D eigenvalue weighted by molar-refractivity contribution is 9.09. The van der Waals surface area contributed by atoms with Gasteiger partial charge in [-0.15, -0.1) is 23.2 Å². The lowest BCUT2D eigenvalue weighted by molar-refractivity contribution is -0.138. The molecule has 6 rings (SSSR count). The third kappa shape index (κ3) is 3.50. The van der Waals surface area contributed by atoms with Crippen LogP contribution < -0.4 is 16.1 Å². The topological polar surface area (TPSA) is 116 Å². The van der Waals surface area contributed by atoms with E-state index in [-0.39, 0.29) is 31.6 Å². The first-order chi connectivity index (χ1) is 19.2. The molecule has 208 valence electrons. The molecule has 3 aromatic rings. The molecule has 2 aliphatic heterocycles. The van der Waals surface area contributed by atoms with Crippen molar-refractivity contribution in [3.63, 3.8) is 0 Å². The monoisotopic (exact) mass is 648 g/mol. The number of amides is 2. The number of fused-ring (bicyclic) bond motifs is 4. The maximum Gasteiger partial charge on any atom is 0.352 e. The van der Waals surface area contributed by atoms with Gasteiger partial charge in [0.25, 0.3) is 11.8 Å². The van der Waals surface area contributed by atoms with Gasteiger partial charge >= 0.3 is 11.4 Å². The van der Waals surface area contributed by atoms with Crippen molar-refractivity contribution in [3.05, 3.63) is 92.8 Å². The van der Waals surface area contributed by atoms with E-state index in [1.165, 1.54) is 9.36 Å². The standard InChI is InChI=1S/C27H23BrCl2N4O6/c28-15-31-22(36)26(29)14-19-17(10-11-32-24(38)33(25(39)34(19)32)16-6-2-1-3-7-16)21(27(26,30)23(31)37)18-8-4-5-9-20(18)40-13-12-35/h1-10,19,21,35H,11-15H2. The number of allylic oxidation sites excluding steroid dienone is 2. The van der Waals surface area contributed by atoms with Crippen molar-refractivity contribution < 1.29 is 19.4 Å². The van der Waals surface area contributed by atoms with Gasteiger partial charge in [-0.1, -0.05) is 58.4 Å². The van der Waals surface area contributed by atoms with E-state index < -0.39 is 44.9 Å². The predicted octanol–water partition coefficient (Wildman–Crippen LogP) is 2.52. The second-order valence-corrected chi connectivity index (χ2v) is 11.5. The predicted molar refractivity (Wildman–Crippen MR) is 151 cm³/mol. The third-order valence-electron chi connectivity index (χ3n) is 7.88. The average Bonchev–Trinajstić information content (AvgIpc) is 3.30. The van der Waals surface area contributed by atoms with E-state index in [1.54, 1.807) is 60.7 Å². The van der Waals surface area contributed by atoms with E-state index in [1.807, 2.05) is 0 Å². The summed E-state index contributed by atoms with van der Waals surface area (Å²) in [6, 6.07) is 14.5. The van der Waals surface area contributed by atoms with Crippen LogP contribution in [0.4, 0.5) is 0 Å². The van der Waals surface area contributed by atoms with E-state index in [4.69, 9.17) is 27.9 Å². The van der Waals surface area contributed by atoms with Gasteiger partial charge in [-0.05, 0) is 23.8 Å². The zero-order chi connectivity index (χ0) is 28.4. The number of carbonyl (C=O) groups is 2. The first-order valence-electron chi connectivity index (χ1n) is 12.5. The molecule has 4 atom stereocenters. The SMILES string of the molecule is O=C1N(CBr)C(=O)C2(Cl)C(c3ccccc3OCCO)C3=CCn4c(=O)n(-c5ccccc5)c(=O)n4C3CC12Cl. The van der Waals surface area contributed by atoms with Crippen molar-refractivity contribution in [2.75, 3.05) is 18.7 Å². The van der Waals surface area contributed by atoms with E-state index in [0.717, 1.165) is 9.47 Å². The molecule has 1 saturated heterocycles. The Morgan fingerprint density at radius 1 is 0.975 bits per heavy atom. The van der Waals surface area contributed by atoms with E-state index in [2.05, 4.69) is 15.9 Å². The molecule has 0 radical (unpaired) electrons. The summed E-state index contributed by atoms with van der Waals surface area (Å²) >= 11 is 17.7. The van der Waals surface area contributed by atoms with Crippen molar-refractivity contribution in [3.8, 4) is 11.4 Å². The van der Waals surface area contributed by atoms with Gasteiger partial charge in [0.1, 0.15) is 12.4 Å². The van der Waals surface area contributed by atoms with Crippen LogP contribution >= 0.6 is 39.1 Å². The van der Waals surface area contributed by atoms with Crippen LogP contribution in [0, 0.1) is 0 Å². The Morgan fingerprint density at radius 3 is 2.38 bits per heavy atom. The molecule has 1 N–H and O–H groups in total. The lowest BCUT2D eigenvalue weighted by Crippen LogP contribution is -2.59. The Bertz CT molecular complexity index is 1680. The number of carbonyl (C=O) groups excluding carboxylic acids is 2. The smallest absolute Gasteiger partial charge is 0.352 e. The second kappa shape index (κ2) is 9.76. The molecule has 0 spiro atoms. The maximum absolute atomic E-state index is 13.9. The summed E-state index contributed by atoms with van der Waals surface area (Å²) in [5, 5.41) is 9.40. The highest BCUT2D eigenvalue weighted by Crippen LogP contribution is 2.64. The Morgan fingerprint density at radius 2 is 1.68 bits per heavy atom. The minimum Gasteiger partial charge on any atom is -0.491 e. The molecule has 2 aromatic carbocycles. The molecule has 13 heteroatoms. The number of hydrogen-bond donors (Lipinski definition) is 1. The highest BCUT2D eigenvalue weighted by Gasteiger charge is 2.75. The van der Waals surface area contributed by atoms with Crippen molar-refractivity contribution in [1.82, 2.24) is 18.8 Å².